The van der Waals surface area contributed by atoms with E-state index in [0.717, 1.165) is 18.2 Å². The zero-order chi connectivity index (χ0) is 33.0. The summed E-state index contributed by atoms with van der Waals surface area (Å²) in [6.45, 7) is 0.214. The molecule has 46 heavy (non-hydrogen) atoms. The van der Waals surface area contributed by atoms with Crippen molar-refractivity contribution in [3.8, 4) is 23.2 Å². The molecule has 0 saturated carbocycles. The summed E-state index contributed by atoms with van der Waals surface area (Å²) in [5, 5.41) is 8.91. The fourth-order valence-electron chi connectivity index (χ4n) is 4.78. The highest BCUT2D eigenvalue weighted by Gasteiger charge is 2.32. The number of nitriles is 1. The van der Waals surface area contributed by atoms with Crippen molar-refractivity contribution in [3.63, 3.8) is 0 Å². The first-order chi connectivity index (χ1) is 22.0. The van der Waals surface area contributed by atoms with Gasteiger partial charge in [-0.3, -0.25) is 0 Å². The molecule has 0 amide bonds. The standard InChI is InChI=1S/C33H25F5N4O4/c1-44-10-9-42-29-13-22(32(43)45-2)7-8-27(29)40-30(42)14-20-5-6-21(12-26(20)35)28-15-24(33(36,37)38)16-31(41-28)46-18-23-4-3-19(17-39)11-25(23)34/h3-8,11-13,15-16H,9-10,14,18H2,1-2H3. The largest absolute Gasteiger partial charge is 0.473 e. The molecule has 5 aromatic rings. The number of ether oxygens (including phenoxy) is 3. The first kappa shape index (κ1) is 32.1. The van der Waals surface area contributed by atoms with Gasteiger partial charge in [0.05, 0.1) is 53.2 Å². The molecule has 3 aromatic carbocycles. The van der Waals surface area contributed by atoms with Crippen LogP contribution in [0.5, 0.6) is 5.88 Å². The Morgan fingerprint density at radius 2 is 1.70 bits per heavy atom. The third kappa shape index (κ3) is 6.97. The number of imidazole rings is 1. The maximum absolute atomic E-state index is 15.5. The van der Waals surface area contributed by atoms with Crippen LogP contribution in [0.15, 0.2) is 66.7 Å². The maximum Gasteiger partial charge on any atom is 0.416 e. The number of pyridine rings is 1. The van der Waals surface area contributed by atoms with Crippen LogP contribution in [0.3, 0.4) is 0 Å². The number of aromatic nitrogens is 3. The predicted octanol–water partition coefficient (Wildman–Crippen LogP) is 6.87. The molecule has 2 heterocycles. The molecular formula is C33H25F5N4O4. The number of esters is 1. The van der Waals surface area contributed by atoms with Crippen LogP contribution in [0.1, 0.15) is 38.4 Å². The van der Waals surface area contributed by atoms with Gasteiger partial charge in [-0.25, -0.2) is 23.5 Å². The zero-order valence-corrected chi connectivity index (χ0v) is 24.5. The Labute approximate surface area is 259 Å². The Bertz CT molecular complexity index is 1970. The van der Waals surface area contributed by atoms with E-state index in [1.165, 1.54) is 38.5 Å². The van der Waals surface area contributed by atoms with Gasteiger partial charge < -0.3 is 18.8 Å². The quantitative estimate of drug-likeness (QED) is 0.122. The molecule has 0 atom stereocenters. The van der Waals surface area contributed by atoms with Crippen molar-refractivity contribution >= 4 is 17.0 Å². The van der Waals surface area contributed by atoms with Gasteiger partial charge in [-0.15, -0.1) is 0 Å². The summed E-state index contributed by atoms with van der Waals surface area (Å²) in [6.07, 6.45) is -4.75. The average molecular weight is 637 g/mol. The third-order valence-electron chi connectivity index (χ3n) is 7.15. The second kappa shape index (κ2) is 13.3. The molecule has 0 saturated heterocycles. The number of halogens is 5. The van der Waals surface area contributed by atoms with Gasteiger partial charge in [0.1, 0.15) is 24.1 Å². The summed E-state index contributed by atoms with van der Waals surface area (Å²) in [5.74, 6) is -1.97. The number of fused-ring (bicyclic) bond motifs is 1. The van der Waals surface area contributed by atoms with E-state index >= 15 is 4.39 Å². The molecule has 236 valence electrons. The van der Waals surface area contributed by atoms with Crippen LogP contribution in [0.25, 0.3) is 22.3 Å². The molecule has 0 fully saturated rings. The Hall–Kier alpha value is -5.35. The minimum atomic E-state index is -4.77. The Morgan fingerprint density at radius 3 is 2.37 bits per heavy atom. The SMILES string of the molecule is COCCn1c(Cc2ccc(-c3cc(C(F)(F)F)cc(OCc4ccc(C#N)cc4F)n3)cc2F)nc2ccc(C(=O)OC)cc21. The maximum atomic E-state index is 15.5. The summed E-state index contributed by atoms with van der Waals surface area (Å²) in [5.41, 5.74) is 0.552. The molecule has 0 N–H and O–H groups in total. The first-order valence-corrected chi connectivity index (χ1v) is 13.8. The van der Waals surface area contributed by atoms with E-state index in [4.69, 9.17) is 19.5 Å². The van der Waals surface area contributed by atoms with Gasteiger partial charge in [0, 0.05) is 37.3 Å². The van der Waals surface area contributed by atoms with Gasteiger partial charge in [0.15, 0.2) is 0 Å². The Kier molecular flexibility index (Phi) is 9.29. The molecule has 13 heteroatoms. The molecule has 0 spiro atoms. The number of carbonyl (C=O) groups excluding carboxylic acids is 1. The van der Waals surface area contributed by atoms with Crippen LogP contribution in [-0.4, -0.2) is 41.3 Å². The topological polar surface area (TPSA) is 99.3 Å². The number of nitrogens with zero attached hydrogens (tertiary/aromatic N) is 4. The van der Waals surface area contributed by atoms with Crippen molar-refractivity contribution in [1.82, 2.24) is 14.5 Å². The van der Waals surface area contributed by atoms with Crippen LogP contribution in [0, 0.1) is 23.0 Å². The number of carbonyl (C=O) groups is 1. The summed E-state index contributed by atoms with van der Waals surface area (Å²) >= 11 is 0. The van der Waals surface area contributed by atoms with Crippen molar-refractivity contribution in [3.05, 3.63) is 112 Å². The van der Waals surface area contributed by atoms with Crippen LogP contribution in [-0.2, 0) is 35.2 Å². The molecule has 0 aliphatic rings. The number of methoxy groups -OCH3 is 2. The van der Waals surface area contributed by atoms with Gasteiger partial charge in [0.2, 0.25) is 5.88 Å². The lowest BCUT2D eigenvalue weighted by atomic mass is 10.0. The van der Waals surface area contributed by atoms with Crippen molar-refractivity contribution in [1.29, 1.82) is 5.26 Å². The van der Waals surface area contributed by atoms with E-state index in [9.17, 15) is 22.4 Å². The zero-order valence-electron chi connectivity index (χ0n) is 24.5. The molecule has 0 unspecified atom stereocenters. The lowest BCUT2D eigenvalue weighted by molar-refractivity contribution is -0.137. The normalized spacial score (nSPS) is 11.4. The summed E-state index contributed by atoms with van der Waals surface area (Å²) in [4.78, 5) is 20.8. The molecule has 8 nitrogen and oxygen atoms in total. The van der Waals surface area contributed by atoms with Gasteiger partial charge in [0.25, 0.3) is 0 Å². The Balaban J connectivity index is 1.45. The van der Waals surface area contributed by atoms with Gasteiger partial charge >= 0.3 is 12.1 Å². The van der Waals surface area contributed by atoms with E-state index in [1.807, 2.05) is 0 Å². The van der Waals surface area contributed by atoms with Crippen molar-refractivity contribution in [2.45, 2.75) is 25.7 Å². The third-order valence-corrected chi connectivity index (χ3v) is 7.15. The lowest BCUT2D eigenvalue weighted by Gasteiger charge is -2.14. The molecule has 0 aliphatic carbocycles. The van der Waals surface area contributed by atoms with Gasteiger partial charge in [-0.1, -0.05) is 18.2 Å². The van der Waals surface area contributed by atoms with Gasteiger partial charge in [-0.05, 0) is 48.0 Å². The molecule has 0 bridgehead atoms. The summed E-state index contributed by atoms with van der Waals surface area (Å²) in [6, 6.07) is 15.6. The van der Waals surface area contributed by atoms with Crippen LogP contribution < -0.4 is 4.74 Å². The number of rotatable bonds is 10. The number of alkyl halides is 3. The minimum Gasteiger partial charge on any atom is -0.473 e. The lowest BCUT2D eigenvalue weighted by Crippen LogP contribution is -2.10. The minimum absolute atomic E-state index is 0.00759. The fourth-order valence-corrected chi connectivity index (χ4v) is 4.78. The van der Waals surface area contributed by atoms with E-state index < -0.39 is 41.8 Å². The molecule has 0 aliphatic heterocycles. The molecule has 0 radical (unpaired) electrons. The predicted molar refractivity (Wildman–Crippen MR) is 156 cm³/mol. The molecular weight excluding hydrogens is 611 g/mol. The number of benzene rings is 3. The highest BCUT2D eigenvalue weighted by Crippen LogP contribution is 2.35. The smallest absolute Gasteiger partial charge is 0.416 e. The summed E-state index contributed by atoms with van der Waals surface area (Å²) < 4.78 is 88.4. The fraction of sp³-hybridized carbons (Fsp3) is 0.212. The second-order valence-corrected chi connectivity index (χ2v) is 10.1. The van der Waals surface area contributed by atoms with E-state index in [1.54, 1.807) is 28.8 Å². The van der Waals surface area contributed by atoms with E-state index in [2.05, 4.69) is 9.97 Å². The number of hydrogen-bond acceptors (Lipinski definition) is 7. The summed E-state index contributed by atoms with van der Waals surface area (Å²) in [7, 11) is 2.80. The highest BCUT2D eigenvalue weighted by atomic mass is 19.4. The molecule has 5 rings (SSSR count). The van der Waals surface area contributed by atoms with Crippen molar-refractivity contribution in [2.75, 3.05) is 20.8 Å². The number of hydrogen-bond donors (Lipinski definition) is 0. The Morgan fingerprint density at radius 1 is 0.935 bits per heavy atom. The van der Waals surface area contributed by atoms with Crippen molar-refractivity contribution in [2.24, 2.45) is 0 Å². The van der Waals surface area contributed by atoms with Crippen LogP contribution >= 0.6 is 0 Å². The van der Waals surface area contributed by atoms with Crippen LogP contribution in [0.2, 0.25) is 0 Å². The average Bonchev–Trinajstić information content (AvgIpc) is 3.38. The van der Waals surface area contributed by atoms with E-state index in [0.29, 0.717) is 41.6 Å². The van der Waals surface area contributed by atoms with E-state index in [-0.39, 0.29) is 34.4 Å². The van der Waals surface area contributed by atoms with Gasteiger partial charge in [-0.2, -0.15) is 18.4 Å². The van der Waals surface area contributed by atoms with Crippen LogP contribution in [0.4, 0.5) is 22.0 Å². The monoisotopic (exact) mass is 636 g/mol. The highest BCUT2D eigenvalue weighted by molar-refractivity contribution is 5.93. The second-order valence-electron chi connectivity index (χ2n) is 10.1. The molecule has 2 aromatic heterocycles. The first-order valence-electron chi connectivity index (χ1n) is 13.8. The van der Waals surface area contributed by atoms with Crippen molar-refractivity contribution < 1.29 is 41.0 Å².